The Bertz CT molecular complexity index is 544. The molecule has 108 valence electrons. The quantitative estimate of drug-likeness (QED) is 0.924. The second kappa shape index (κ2) is 4.74. The maximum atomic E-state index is 14.0. The van der Waals surface area contributed by atoms with Gasteiger partial charge in [0.15, 0.2) is 17.3 Å². The molecule has 2 heterocycles. The van der Waals surface area contributed by atoms with Crippen LogP contribution in [0.25, 0.3) is 0 Å². The van der Waals surface area contributed by atoms with Crippen LogP contribution < -0.4 is 4.74 Å². The molecule has 4 nitrogen and oxygen atoms in total. The molecule has 1 N–H and O–H groups in total. The summed E-state index contributed by atoms with van der Waals surface area (Å²) in [5.74, 6) is -1.60. The van der Waals surface area contributed by atoms with E-state index >= 15 is 0 Å². The van der Waals surface area contributed by atoms with Gasteiger partial charge in [-0.15, -0.1) is 0 Å². The Hall–Kier alpha value is -1.62. The first-order valence-corrected chi connectivity index (χ1v) is 6.97. The van der Waals surface area contributed by atoms with E-state index in [0.717, 1.165) is 31.7 Å². The molecule has 0 spiro atoms. The summed E-state index contributed by atoms with van der Waals surface area (Å²) in [6.07, 6.45) is 5.12. The van der Waals surface area contributed by atoms with Gasteiger partial charge in [0.1, 0.15) is 0 Å². The lowest BCUT2D eigenvalue weighted by Gasteiger charge is -2.42. The fourth-order valence-electron chi connectivity index (χ4n) is 3.44. The van der Waals surface area contributed by atoms with Gasteiger partial charge in [-0.1, -0.05) is 0 Å². The van der Waals surface area contributed by atoms with Crippen molar-refractivity contribution in [2.45, 2.75) is 43.9 Å². The fourth-order valence-corrected chi connectivity index (χ4v) is 3.44. The maximum absolute atomic E-state index is 14.0. The van der Waals surface area contributed by atoms with Gasteiger partial charge in [0, 0.05) is 18.9 Å². The number of carboxylic acid groups (broad SMARTS) is 1. The smallest absolute Gasteiger partial charge is 0.335 e. The van der Waals surface area contributed by atoms with Crippen molar-refractivity contribution in [1.29, 1.82) is 0 Å². The largest absolute Gasteiger partial charge is 0.478 e. The molecular formula is C15H18FNO3. The minimum Gasteiger partial charge on any atom is -0.478 e. The Morgan fingerprint density at radius 1 is 1.45 bits per heavy atom. The molecule has 2 aliphatic rings. The van der Waals surface area contributed by atoms with Crippen LogP contribution in [0.4, 0.5) is 4.39 Å². The highest BCUT2D eigenvalue weighted by atomic mass is 19.1. The van der Waals surface area contributed by atoms with Crippen molar-refractivity contribution in [3.05, 3.63) is 29.6 Å². The fraction of sp³-hybridized carbons (Fsp3) is 0.533. The number of rotatable bonds is 3. The number of carboxylic acids is 1. The van der Waals surface area contributed by atoms with E-state index in [-0.39, 0.29) is 11.3 Å². The molecule has 2 fully saturated rings. The van der Waals surface area contributed by atoms with Gasteiger partial charge in [-0.05, 0) is 44.5 Å². The van der Waals surface area contributed by atoms with E-state index in [4.69, 9.17) is 9.84 Å². The lowest BCUT2D eigenvalue weighted by molar-refractivity contribution is -0.0842. The van der Waals surface area contributed by atoms with E-state index in [1.54, 1.807) is 0 Å². The maximum Gasteiger partial charge on any atom is 0.335 e. The van der Waals surface area contributed by atoms with Crippen LogP contribution in [0.1, 0.15) is 42.5 Å². The molecule has 2 bridgehead atoms. The molecule has 2 saturated heterocycles. The van der Waals surface area contributed by atoms with Crippen LogP contribution in [0.5, 0.6) is 5.75 Å². The Balaban J connectivity index is 1.86. The molecule has 5 heteroatoms. The molecule has 0 aliphatic carbocycles. The number of hydrogen-bond donors (Lipinski definition) is 1. The van der Waals surface area contributed by atoms with Crippen LogP contribution in [0, 0.1) is 5.82 Å². The molecule has 1 aromatic carbocycles. The summed E-state index contributed by atoms with van der Waals surface area (Å²) >= 11 is 0. The van der Waals surface area contributed by atoms with Gasteiger partial charge in [0.05, 0.1) is 5.56 Å². The monoisotopic (exact) mass is 279 g/mol. The van der Waals surface area contributed by atoms with Gasteiger partial charge in [-0.3, -0.25) is 4.90 Å². The summed E-state index contributed by atoms with van der Waals surface area (Å²) in [6.45, 7) is 0. The molecule has 20 heavy (non-hydrogen) atoms. The summed E-state index contributed by atoms with van der Waals surface area (Å²) in [5, 5.41) is 8.85. The average molecular weight is 279 g/mol. The number of fused-ring (bicyclic) bond motifs is 2. The minimum atomic E-state index is -1.13. The number of hydrogen-bond acceptors (Lipinski definition) is 3. The van der Waals surface area contributed by atoms with Crippen molar-refractivity contribution in [2.75, 3.05) is 7.05 Å². The van der Waals surface area contributed by atoms with Crippen molar-refractivity contribution < 1.29 is 19.0 Å². The number of halogens is 1. The van der Waals surface area contributed by atoms with Gasteiger partial charge in [0.25, 0.3) is 0 Å². The third kappa shape index (κ3) is 2.06. The second-order valence-electron chi connectivity index (χ2n) is 5.69. The van der Waals surface area contributed by atoms with Crippen LogP contribution in [-0.4, -0.2) is 34.8 Å². The van der Waals surface area contributed by atoms with Crippen molar-refractivity contribution in [3.63, 3.8) is 0 Å². The van der Waals surface area contributed by atoms with Crippen LogP contribution in [0.3, 0.4) is 0 Å². The molecule has 0 aromatic heterocycles. The Morgan fingerprint density at radius 3 is 2.95 bits per heavy atom. The van der Waals surface area contributed by atoms with Gasteiger partial charge in [0.2, 0.25) is 0 Å². The predicted octanol–water partition coefficient (Wildman–Crippen LogP) is 2.88. The molecule has 0 saturated carbocycles. The van der Waals surface area contributed by atoms with Gasteiger partial charge < -0.3 is 9.84 Å². The Labute approximate surface area is 117 Å². The number of benzene rings is 1. The van der Waals surface area contributed by atoms with E-state index in [2.05, 4.69) is 4.90 Å². The molecule has 3 rings (SSSR count). The summed E-state index contributed by atoms with van der Waals surface area (Å²) in [6, 6.07) is 4.34. The molecule has 0 radical (unpaired) electrons. The molecule has 0 amide bonds. The summed E-state index contributed by atoms with van der Waals surface area (Å²) in [5.41, 5.74) is -0.484. The van der Waals surface area contributed by atoms with Crippen molar-refractivity contribution in [1.82, 2.24) is 4.90 Å². The van der Waals surface area contributed by atoms with Crippen LogP contribution >= 0.6 is 0 Å². The highest BCUT2D eigenvalue weighted by molar-refractivity contribution is 5.87. The van der Waals surface area contributed by atoms with Gasteiger partial charge in [-0.2, -0.15) is 0 Å². The summed E-state index contributed by atoms with van der Waals surface area (Å²) < 4.78 is 20.0. The first-order chi connectivity index (χ1) is 9.52. The van der Waals surface area contributed by atoms with E-state index in [1.807, 2.05) is 7.05 Å². The average Bonchev–Trinajstić information content (AvgIpc) is 2.61. The highest BCUT2D eigenvalue weighted by Gasteiger charge is 2.48. The van der Waals surface area contributed by atoms with Crippen LogP contribution in [0.15, 0.2) is 18.2 Å². The van der Waals surface area contributed by atoms with Gasteiger partial charge in [-0.25, -0.2) is 9.18 Å². The van der Waals surface area contributed by atoms with E-state index < -0.39 is 17.5 Å². The Kier molecular flexibility index (Phi) is 3.17. The number of piperidine rings is 1. The predicted molar refractivity (Wildman–Crippen MR) is 71.4 cm³/mol. The topological polar surface area (TPSA) is 49.8 Å². The molecule has 2 atom stereocenters. The Morgan fingerprint density at radius 2 is 2.25 bits per heavy atom. The minimum absolute atomic E-state index is 0.0614. The van der Waals surface area contributed by atoms with Crippen LogP contribution in [0.2, 0.25) is 0 Å². The zero-order valence-corrected chi connectivity index (χ0v) is 11.4. The summed E-state index contributed by atoms with van der Waals surface area (Å²) in [7, 11) is 2.03. The van der Waals surface area contributed by atoms with E-state index in [1.165, 1.54) is 18.6 Å². The summed E-state index contributed by atoms with van der Waals surface area (Å²) in [4.78, 5) is 13.0. The number of ether oxygens (including phenoxy) is 1. The number of carbonyl (C=O) groups is 1. The third-order valence-corrected chi connectivity index (χ3v) is 4.64. The second-order valence-corrected chi connectivity index (χ2v) is 5.69. The van der Waals surface area contributed by atoms with E-state index in [0.29, 0.717) is 6.04 Å². The van der Waals surface area contributed by atoms with Crippen molar-refractivity contribution in [3.8, 4) is 5.75 Å². The van der Waals surface area contributed by atoms with Gasteiger partial charge >= 0.3 is 5.97 Å². The SMILES string of the molecule is CN1C2CCCC1(Oc1ccc(C(=O)O)cc1F)CC2. The molecule has 2 aliphatic heterocycles. The lowest BCUT2D eigenvalue weighted by Crippen LogP contribution is -2.52. The van der Waals surface area contributed by atoms with Crippen molar-refractivity contribution in [2.24, 2.45) is 0 Å². The first-order valence-electron chi connectivity index (χ1n) is 6.97. The number of nitrogens with zero attached hydrogens (tertiary/aromatic N) is 1. The standard InChI is InChI=1S/C15H18FNO3/c1-17-11-3-2-7-15(17,8-6-11)20-13-5-4-10(14(18)19)9-12(13)16/h4-5,9,11H,2-3,6-8H2,1H3,(H,18,19). The normalized spacial score (nSPS) is 29.4. The zero-order valence-electron chi connectivity index (χ0n) is 11.4. The lowest BCUT2D eigenvalue weighted by atomic mass is 10.0. The van der Waals surface area contributed by atoms with E-state index in [9.17, 15) is 9.18 Å². The number of aromatic carboxylic acids is 1. The van der Waals surface area contributed by atoms with Crippen LogP contribution in [-0.2, 0) is 0 Å². The first kappa shape index (κ1) is 13.4. The molecular weight excluding hydrogens is 261 g/mol. The highest BCUT2D eigenvalue weighted by Crippen LogP contribution is 2.44. The van der Waals surface area contributed by atoms with Crippen molar-refractivity contribution >= 4 is 5.97 Å². The third-order valence-electron chi connectivity index (χ3n) is 4.64. The molecule has 2 unspecified atom stereocenters. The zero-order chi connectivity index (χ0) is 14.3. The molecule has 1 aromatic rings.